The monoisotopic (exact) mass is 263 g/mol. The maximum atomic E-state index is 10.6. The predicted octanol–water partition coefficient (Wildman–Crippen LogP) is 3.18. The van der Waals surface area contributed by atoms with E-state index in [1.807, 2.05) is 0 Å². The summed E-state index contributed by atoms with van der Waals surface area (Å²) in [7, 11) is 0. The number of hydrogen-bond donors (Lipinski definition) is 1. The second-order valence-electron chi connectivity index (χ2n) is 6.62. The van der Waals surface area contributed by atoms with Gasteiger partial charge in [-0.05, 0) is 28.7 Å². The van der Waals surface area contributed by atoms with E-state index in [1.165, 1.54) is 12.1 Å². The summed E-state index contributed by atoms with van der Waals surface area (Å²) < 4.78 is 0. The van der Waals surface area contributed by atoms with Crippen LogP contribution < -0.4 is 0 Å². The van der Waals surface area contributed by atoms with Gasteiger partial charge in [0.25, 0.3) is 5.69 Å². The fourth-order valence-electron chi connectivity index (χ4n) is 3.32. The number of aliphatic hydroxyl groups excluding tert-OH is 1. The normalized spacial score (nSPS) is 21.9. The van der Waals surface area contributed by atoms with Crippen molar-refractivity contribution in [3.8, 4) is 0 Å². The van der Waals surface area contributed by atoms with Crippen molar-refractivity contribution in [3.05, 3.63) is 39.9 Å². The zero-order chi connectivity index (χ0) is 14.4. The van der Waals surface area contributed by atoms with Gasteiger partial charge in [0.05, 0.1) is 11.0 Å². The molecule has 1 fully saturated rings. The molecule has 0 saturated heterocycles. The third kappa shape index (κ3) is 2.25. The molecular weight excluding hydrogens is 242 g/mol. The standard InChI is InChI=1S/C15H21NO3/c1-14(2)13(15(14,3)4)12(17)9-10-5-7-11(8-6-10)16(18)19/h5-8,12-13,17H,9H2,1-4H3. The molecule has 1 atom stereocenters. The third-order valence-corrected chi connectivity index (χ3v) is 5.11. The van der Waals surface area contributed by atoms with Gasteiger partial charge in [0.2, 0.25) is 0 Å². The summed E-state index contributed by atoms with van der Waals surface area (Å²) in [5.41, 5.74) is 1.32. The first-order valence-corrected chi connectivity index (χ1v) is 6.59. The number of nitrogens with zero attached hydrogens (tertiary/aromatic N) is 1. The molecule has 1 aliphatic carbocycles. The van der Waals surface area contributed by atoms with Crippen LogP contribution in [0.2, 0.25) is 0 Å². The fourth-order valence-corrected chi connectivity index (χ4v) is 3.32. The van der Waals surface area contributed by atoms with E-state index in [2.05, 4.69) is 27.7 Å². The first kappa shape index (κ1) is 14.0. The maximum Gasteiger partial charge on any atom is 0.269 e. The lowest BCUT2D eigenvalue weighted by molar-refractivity contribution is -0.384. The molecule has 0 spiro atoms. The highest BCUT2D eigenvalue weighted by Crippen LogP contribution is 2.69. The van der Waals surface area contributed by atoms with E-state index in [0.717, 1.165) is 5.56 Å². The van der Waals surface area contributed by atoms with Crippen LogP contribution in [0.3, 0.4) is 0 Å². The zero-order valence-electron chi connectivity index (χ0n) is 11.9. The molecule has 4 nitrogen and oxygen atoms in total. The number of non-ortho nitro benzene ring substituents is 1. The zero-order valence-corrected chi connectivity index (χ0v) is 11.9. The minimum Gasteiger partial charge on any atom is -0.392 e. The summed E-state index contributed by atoms with van der Waals surface area (Å²) >= 11 is 0. The van der Waals surface area contributed by atoms with Crippen molar-refractivity contribution in [2.75, 3.05) is 0 Å². The highest BCUT2D eigenvalue weighted by Gasteiger charge is 2.66. The molecule has 0 aliphatic heterocycles. The van der Waals surface area contributed by atoms with Crippen molar-refractivity contribution in [3.63, 3.8) is 0 Å². The van der Waals surface area contributed by atoms with E-state index in [1.54, 1.807) is 12.1 Å². The molecule has 1 N–H and O–H groups in total. The minimum absolute atomic E-state index is 0.0883. The van der Waals surface area contributed by atoms with Gasteiger partial charge in [-0.2, -0.15) is 0 Å². The van der Waals surface area contributed by atoms with Crippen LogP contribution in [-0.2, 0) is 6.42 Å². The van der Waals surface area contributed by atoms with Gasteiger partial charge in [0.1, 0.15) is 0 Å². The van der Waals surface area contributed by atoms with Crippen molar-refractivity contribution in [2.45, 2.75) is 40.2 Å². The van der Waals surface area contributed by atoms with Gasteiger partial charge in [-0.1, -0.05) is 39.8 Å². The summed E-state index contributed by atoms with van der Waals surface area (Å²) in [5.74, 6) is 0.273. The maximum absolute atomic E-state index is 10.6. The Kier molecular flexibility index (Phi) is 3.17. The Labute approximate surface area is 113 Å². The lowest BCUT2D eigenvalue weighted by Gasteiger charge is -2.12. The topological polar surface area (TPSA) is 63.4 Å². The van der Waals surface area contributed by atoms with Gasteiger partial charge in [-0.25, -0.2) is 0 Å². The first-order valence-electron chi connectivity index (χ1n) is 6.59. The Bertz CT molecular complexity index is 477. The van der Waals surface area contributed by atoms with Crippen LogP contribution in [0.1, 0.15) is 33.3 Å². The van der Waals surface area contributed by atoms with Crippen molar-refractivity contribution in [1.29, 1.82) is 0 Å². The number of nitro groups is 1. The Morgan fingerprint density at radius 1 is 1.21 bits per heavy atom. The van der Waals surface area contributed by atoms with Crippen LogP contribution in [0.25, 0.3) is 0 Å². The molecule has 104 valence electrons. The third-order valence-electron chi connectivity index (χ3n) is 5.11. The van der Waals surface area contributed by atoms with E-state index in [0.29, 0.717) is 6.42 Å². The van der Waals surface area contributed by atoms with Crippen LogP contribution in [-0.4, -0.2) is 16.1 Å². The molecule has 0 bridgehead atoms. The summed E-state index contributed by atoms with van der Waals surface area (Å²) in [5, 5.41) is 20.9. The Morgan fingerprint density at radius 3 is 2.05 bits per heavy atom. The second kappa shape index (κ2) is 4.30. The number of hydrogen-bond acceptors (Lipinski definition) is 3. The molecule has 1 unspecified atom stereocenters. The highest BCUT2D eigenvalue weighted by atomic mass is 16.6. The first-order chi connectivity index (χ1) is 8.68. The summed E-state index contributed by atoms with van der Waals surface area (Å²) in [6.07, 6.45) is 0.154. The average Bonchev–Trinajstić information content (AvgIpc) is 2.69. The smallest absolute Gasteiger partial charge is 0.269 e. The van der Waals surface area contributed by atoms with Crippen molar-refractivity contribution in [1.82, 2.24) is 0 Å². The largest absolute Gasteiger partial charge is 0.392 e. The van der Waals surface area contributed by atoms with Crippen LogP contribution in [0.5, 0.6) is 0 Å². The molecule has 1 aromatic rings. The van der Waals surface area contributed by atoms with Crippen molar-refractivity contribution < 1.29 is 10.0 Å². The van der Waals surface area contributed by atoms with E-state index in [4.69, 9.17) is 0 Å². The Hall–Kier alpha value is -1.42. The molecule has 1 saturated carbocycles. The van der Waals surface area contributed by atoms with Crippen LogP contribution in [0.4, 0.5) is 5.69 Å². The lowest BCUT2D eigenvalue weighted by Crippen LogP contribution is -2.17. The summed E-state index contributed by atoms with van der Waals surface area (Å²) in [6.45, 7) is 8.71. The van der Waals surface area contributed by atoms with Gasteiger partial charge < -0.3 is 5.11 Å². The molecule has 0 heterocycles. The number of nitro benzene ring substituents is 1. The van der Waals surface area contributed by atoms with Gasteiger partial charge in [-0.15, -0.1) is 0 Å². The molecule has 0 aromatic heterocycles. The molecule has 19 heavy (non-hydrogen) atoms. The Balaban J connectivity index is 2.04. The van der Waals surface area contributed by atoms with Crippen LogP contribution in [0, 0.1) is 26.9 Å². The predicted molar refractivity (Wildman–Crippen MR) is 73.9 cm³/mol. The van der Waals surface area contributed by atoms with E-state index in [-0.39, 0.29) is 22.4 Å². The highest BCUT2D eigenvalue weighted by molar-refractivity contribution is 5.33. The molecule has 1 aliphatic rings. The molecular formula is C15H21NO3. The van der Waals surface area contributed by atoms with Gasteiger partial charge in [0.15, 0.2) is 0 Å². The fraction of sp³-hybridized carbons (Fsp3) is 0.600. The number of rotatable bonds is 4. The Morgan fingerprint density at radius 2 is 1.68 bits per heavy atom. The van der Waals surface area contributed by atoms with Crippen molar-refractivity contribution in [2.24, 2.45) is 16.7 Å². The van der Waals surface area contributed by atoms with Crippen LogP contribution in [0.15, 0.2) is 24.3 Å². The van der Waals surface area contributed by atoms with E-state index in [9.17, 15) is 15.2 Å². The van der Waals surface area contributed by atoms with E-state index < -0.39 is 11.0 Å². The number of benzene rings is 1. The van der Waals surface area contributed by atoms with Gasteiger partial charge in [0, 0.05) is 12.1 Å². The molecule has 2 rings (SSSR count). The van der Waals surface area contributed by atoms with E-state index >= 15 is 0 Å². The second-order valence-corrected chi connectivity index (χ2v) is 6.62. The lowest BCUT2D eigenvalue weighted by atomic mass is 9.99. The van der Waals surface area contributed by atoms with Crippen LogP contribution >= 0.6 is 0 Å². The average molecular weight is 263 g/mol. The van der Waals surface area contributed by atoms with Crippen molar-refractivity contribution >= 4 is 5.69 Å². The summed E-state index contributed by atoms with van der Waals surface area (Å²) in [4.78, 5) is 10.2. The number of aliphatic hydroxyl groups is 1. The molecule has 0 radical (unpaired) electrons. The van der Waals surface area contributed by atoms with Gasteiger partial charge >= 0.3 is 0 Å². The minimum atomic E-state index is -0.409. The SMILES string of the molecule is CC1(C)C(C(O)Cc2ccc([N+](=O)[O-])cc2)C1(C)C. The quantitative estimate of drug-likeness (QED) is 0.670. The summed E-state index contributed by atoms with van der Waals surface area (Å²) in [6, 6.07) is 6.43. The molecule has 4 heteroatoms. The molecule has 1 aromatic carbocycles. The van der Waals surface area contributed by atoms with Gasteiger partial charge in [-0.3, -0.25) is 10.1 Å². The molecule has 0 amide bonds.